The van der Waals surface area contributed by atoms with Gasteiger partial charge in [0.25, 0.3) is 0 Å². The molecule has 0 radical (unpaired) electrons. The highest BCUT2D eigenvalue weighted by Gasteiger charge is 2.61. The number of carbonyl (C=O) groups excluding carboxylic acids is 1. The lowest BCUT2D eigenvalue weighted by molar-refractivity contribution is -0.273. The largest absolute Gasteiger partial charge is 0.409 e. The van der Waals surface area contributed by atoms with E-state index in [1.807, 2.05) is 37.8 Å². The summed E-state index contributed by atoms with van der Waals surface area (Å²) in [4.78, 5) is 18.1. The van der Waals surface area contributed by atoms with E-state index in [1.54, 1.807) is 12.3 Å². The number of likely N-dealkylation sites (tertiary alicyclic amines) is 1. The number of nitrogens with zero attached hydrogens (tertiary/aromatic N) is 2. The summed E-state index contributed by atoms with van der Waals surface area (Å²) in [6, 6.07) is 6.74. The van der Waals surface area contributed by atoms with Gasteiger partial charge in [0.05, 0.1) is 5.41 Å². The minimum Gasteiger partial charge on any atom is -0.384 e. The van der Waals surface area contributed by atoms with E-state index in [1.165, 1.54) is 6.07 Å². The zero-order valence-electron chi connectivity index (χ0n) is 17.3. The van der Waals surface area contributed by atoms with E-state index in [9.17, 15) is 9.18 Å². The molecule has 1 amide bonds. The van der Waals surface area contributed by atoms with Gasteiger partial charge < -0.3 is 10.5 Å². The highest BCUT2D eigenvalue weighted by molar-refractivity contribution is 7.10. The van der Waals surface area contributed by atoms with Gasteiger partial charge in [-0.1, -0.05) is 6.07 Å². The molecule has 3 rings (SSSR count). The van der Waals surface area contributed by atoms with Gasteiger partial charge in [-0.2, -0.15) is 13.2 Å². The average molecular weight is 442 g/mol. The van der Waals surface area contributed by atoms with E-state index in [-0.39, 0.29) is 30.9 Å². The van der Waals surface area contributed by atoms with Gasteiger partial charge in [-0.3, -0.25) is 9.88 Å². The molecule has 164 valence electrons. The van der Waals surface area contributed by atoms with Gasteiger partial charge in [-0.05, 0) is 70.3 Å². The number of ether oxygens (including phenoxy) is 1. The number of pyridine rings is 1. The fourth-order valence-corrected chi connectivity index (χ4v) is 4.76. The molecule has 1 fully saturated rings. The average Bonchev–Trinajstić information content (AvgIpc) is 3.27. The first-order valence-corrected chi connectivity index (χ1v) is 10.6. The van der Waals surface area contributed by atoms with E-state index in [4.69, 9.17) is 5.73 Å². The van der Waals surface area contributed by atoms with E-state index < -0.39 is 23.2 Å². The van der Waals surface area contributed by atoms with Gasteiger partial charge in [0.15, 0.2) is 5.13 Å². The molecule has 0 spiro atoms. The minimum atomic E-state index is -3.75. The molecular weight excluding hydrogens is 415 g/mol. The lowest BCUT2D eigenvalue weighted by Crippen LogP contribution is -2.50. The Bertz CT molecular complexity index is 901. The maximum atomic E-state index is 15.1. The Hall–Kier alpha value is -2.13. The topological polar surface area (TPSA) is 68.5 Å². The van der Waals surface area contributed by atoms with Gasteiger partial charge >= 0.3 is 12.2 Å². The highest BCUT2D eigenvalue weighted by atomic mass is 32.1. The Morgan fingerprint density at radius 2 is 2.07 bits per heavy atom. The van der Waals surface area contributed by atoms with E-state index in [0.717, 1.165) is 22.6 Å². The number of aromatic nitrogens is 1. The van der Waals surface area contributed by atoms with Crippen molar-refractivity contribution in [2.24, 2.45) is 11.1 Å². The summed E-state index contributed by atoms with van der Waals surface area (Å²) < 4.78 is 47.9. The molecule has 2 aromatic heterocycles. The molecule has 1 atom stereocenters. The second-order valence-electron chi connectivity index (χ2n) is 8.34. The quantitative estimate of drug-likeness (QED) is 0.668. The van der Waals surface area contributed by atoms with Crippen molar-refractivity contribution in [2.45, 2.75) is 51.7 Å². The molecule has 3 heterocycles. The fourth-order valence-electron chi connectivity index (χ4n) is 4.03. The van der Waals surface area contributed by atoms with Crippen LogP contribution in [0.5, 0.6) is 0 Å². The van der Waals surface area contributed by atoms with Gasteiger partial charge in [-0.25, -0.2) is 4.79 Å². The molecule has 0 saturated carbocycles. The molecule has 1 saturated heterocycles. The van der Waals surface area contributed by atoms with Crippen molar-refractivity contribution in [3.05, 3.63) is 51.7 Å². The molecule has 0 unspecified atom stereocenters. The van der Waals surface area contributed by atoms with Crippen LogP contribution in [0.15, 0.2) is 30.5 Å². The van der Waals surface area contributed by atoms with E-state index in [2.05, 4.69) is 9.72 Å². The maximum absolute atomic E-state index is 15.1. The normalized spacial score (nSPS) is 20.5. The van der Waals surface area contributed by atoms with Crippen LogP contribution in [0.1, 0.15) is 42.8 Å². The van der Waals surface area contributed by atoms with Crippen LogP contribution in [0, 0.1) is 17.5 Å². The van der Waals surface area contributed by atoms with Crippen LogP contribution in [0.3, 0.4) is 0 Å². The zero-order chi connectivity index (χ0) is 22.2. The number of nitrogens with two attached hydrogens (primary N) is 1. The molecule has 1 aliphatic heterocycles. The fraction of sp³-hybridized carbons (Fsp3) is 0.524. The van der Waals surface area contributed by atoms with Crippen LogP contribution in [0.2, 0.25) is 0 Å². The Morgan fingerprint density at radius 3 is 2.63 bits per heavy atom. The Balaban J connectivity index is 1.87. The first-order chi connectivity index (χ1) is 13.9. The number of primary amides is 1. The molecule has 2 N–H and O–H groups in total. The monoisotopic (exact) mass is 441 g/mol. The van der Waals surface area contributed by atoms with Crippen molar-refractivity contribution in [3.8, 4) is 0 Å². The summed E-state index contributed by atoms with van der Waals surface area (Å²) in [7, 11) is 0. The van der Waals surface area contributed by atoms with Crippen LogP contribution in [-0.4, -0.2) is 35.2 Å². The Kier molecular flexibility index (Phi) is 6.15. The molecule has 0 bridgehead atoms. The van der Waals surface area contributed by atoms with Crippen molar-refractivity contribution in [3.63, 3.8) is 0 Å². The number of rotatable bonds is 7. The SMILES string of the molecule is Cc1ccc(C(C)(C)N2CC[C@@](CCc3ccc(F)s3)(C(F)(F)OC(N)=O)C2)cn1. The predicted octanol–water partition coefficient (Wildman–Crippen LogP) is 4.84. The molecule has 5 nitrogen and oxygen atoms in total. The molecule has 1 aliphatic rings. The Morgan fingerprint density at radius 1 is 1.33 bits per heavy atom. The second kappa shape index (κ2) is 8.19. The van der Waals surface area contributed by atoms with Crippen LogP contribution in [-0.2, 0) is 16.7 Å². The summed E-state index contributed by atoms with van der Waals surface area (Å²) in [6.07, 6.45) is -3.10. The summed E-state index contributed by atoms with van der Waals surface area (Å²) >= 11 is 0.933. The van der Waals surface area contributed by atoms with Crippen molar-refractivity contribution in [1.29, 1.82) is 0 Å². The number of hydrogen-bond acceptors (Lipinski definition) is 5. The van der Waals surface area contributed by atoms with Crippen molar-refractivity contribution < 1.29 is 22.7 Å². The summed E-state index contributed by atoms with van der Waals surface area (Å²) in [6.45, 7) is 6.18. The standard InChI is InChI=1S/C21H26F3N3O2S/c1-14-4-5-15(12-26-14)19(2,3)27-11-10-20(13-27,21(23,24)29-18(25)28)9-8-16-6-7-17(22)30-16/h4-7,12H,8-11,13H2,1-3H3,(H2,25,28)/t20-/m1/s1. The highest BCUT2D eigenvalue weighted by Crippen LogP contribution is 2.51. The number of amides is 1. The Labute approximate surface area is 178 Å². The molecule has 9 heteroatoms. The number of hydrogen-bond donors (Lipinski definition) is 1. The van der Waals surface area contributed by atoms with Gasteiger partial charge in [0.2, 0.25) is 0 Å². The van der Waals surface area contributed by atoms with Crippen LogP contribution in [0.25, 0.3) is 0 Å². The third-order valence-electron chi connectivity index (χ3n) is 6.09. The number of halogens is 3. The third kappa shape index (κ3) is 4.46. The minimum absolute atomic E-state index is 0.00200. The molecule has 0 aliphatic carbocycles. The summed E-state index contributed by atoms with van der Waals surface area (Å²) in [5.74, 6) is 0. The maximum Gasteiger partial charge on any atom is 0.409 e. The number of thiophene rings is 1. The van der Waals surface area contributed by atoms with Gasteiger partial charge in [0, 0.05) is 28.9 Å². The van der Waals surface area contributed by atoms with Crippen LogP contribution < -0.4 is 5.73 Å². The van der Waals surface area contributed by atoms with Crippen molar-refractivity contribution in [1.82, 2.24) is 9.88 Å². The first kappa shape index (κ1) is 22.6. The molecule has 2 aromatic rings. The number of carbonyl (C=O) groups is 1. The number of alkyl halides is 2. The smallest absolute Gasteiger partial charge is 0.384 e. The lowest BCUT2D eigenvalue weighted by Gasteiger charge is -2.40. The van der Waals surface area contributed by atoms with Crippen LogP contribution >= 0.6 is 11.3 Å². The lowest BCUT2D eigenvalue weighted by atomic mass is 9.80. The van der Waals surface area contributed by atoms with Crippen molar-refractivity contribution >= 4 is 17.4 Å². The third-order valence-corrected chi connectivity index (χ3v) is 7.02. The number of aryl methyl sites for hydroxylation is 2. The van der Waals surface area contributed by atoms with Crippen LogP contribution in [0.4, 0.5) is 18.0 Å². The first-order valence-electron chi connectivity index (χ1n) is 9.74. The van der Waals surface area contributed by atoms with E-state index in [0.29, 0.717) is 11.4 Å². The summed E-state index contributed by atoms with van der Waals surface area (Å²) in [5.41, 5.74) is 4.52. The summed E-state index contributed by atoms with van der Waals surface area (Å²) in [5, 5.41) is -0.361. The van der Waals surface area contributed by atoms with Gasteiger partial charge in [0.1, 0.15) is 0 Å². The molecular formula is C21H26F3N3O2S. The van der Waals surface area contributed by atoms with Crippen molar-refractivity contribution in [2.75, 3.05) is 13.1 Å². The van der Waals surface area contributed by atoms with E-state index >= 15 is 8.78 Å². The molecule has 0 aromatic carbocycles. The van der Waals surface area contributed by atoms with Gasteiger partial charge in [-0.15, -0.1) is 11.3 Å². The molecule has 30 heavy (non-hydrogen) atoms. The predicted molar refractivity (Wildman–Crippen MR) is 109 cm³/mol. The second-order valence-corrected chi connectivity index (χ2v) is 9.46. The zero-order valence-corrected chi connectivity index (χ0v) is 18.1.